The number of rotatable bonds is 4. The van der Waals surface area contributed by atoms with E-state index in [1.165, 1.54) is 6.92 Å². The summed E-state index contributed by atoms with van der Waals surface area (Å²) in [6.45, 7) is 4.65. The molecule has 0 saturated heterocycles. The summed E-state index contributed by atoms with van der Waals surface area (Å²) in [5.41, 5.74) is -1.18. The van der Waals surface area contributed by atoms with Gasteiger partial charge < -0.3 is 4.74 Å². The van der Waals surface area contributed by atoms with E-state index >= 15 is 0 Å². The van der Waals surface area contributed by atoms with Gasteiger partial charge in [0.05, 0.1) is 10.0 Å². The first-order valence-electron chi connectivity index (χ1n) is 5.50. The maximum Gasteiger partial charge on any atom is 0.324 e. The van der Waals surface area contributed by atoms with Crippen LogP contribution in [0.5, 0.6) is 5.75 Å². The second kappa shape index (κ2) is 5.72. The Bertz CT molecular complexity index is 465. The van der Waals surface area contributed by atoms with Crippen LogP contribution in [0, 0.1) is 5.41 Å². The Hall–Kier alpha value is -1.06. The van der Waals surface area contributed by atoms with Gasteiger partial charge in [-0.05, 0) is 32.4 Å². The van der Waals surface area contributed by atoms with E-state index in [0.717, 1.165) is 0 Å². The highest BCUT2D eigenvalue weighted by atomic mass is 35.5. The fraction of sp³-hybridized carbons (Fsp3) is 0.385. The summed E-state index contributed by atoms with van der Waals surface area (Å²) < 4.78 is 5.17. The molecule has 5 heteroatoms. The maximum atomic E-state index is 12.1. The van der Waals surface area contributed by atoms with Gasteiger partial charge in [-0.25, -0.2) is 0 Å². The van der Waals surface area contributed by atoms with Gasteiger partial charge in [0.1, 0.15) is 11.2 Å². The highest BCUT2D eigenvalue weighted by molar-refractivity contribution is 6.37. The van der Waals surface area contributed by atoms with Gasteiger partial charge in [-0.2, -0.15) is 0 Å². The highest BCUT2D eigenvalue weighted by Crippen LogP contribution is 2.35. The van der Waals surface area contributed by atoms with Crippen molar-refractivity contribution in [2.24, 2.45) is 5.41 Å². The van der Waals surface area contributed by atoms with Crippen LogP contribution in [0.2, 0.25) is 10.0 Å². The first-order valence-corrected chi connectivity index (χ1v) is 6.26. The molecule has 0 radical (unpaired) electrons. The van der Waals surface area contributed by atoms with E-state index in [9.17, 15) is 9.59 Å². The van der Waals surface area contributed by atoms with Crippen LogP contribution in [-0.2, 0) is 9.59 Å². The van der Waals surface area contributed by atoms with Gasteiger partial charge in [0.15, 0.2) is 5.75 Å². The predicted octanol–water partition coefficient (Wildman–Crippen LogP) is 3.90. The lowest BCUT2D eigenvalue weighted by molar-refractivity contribution is -0.150. The molecule has 0 aliphatic heterocycles. The second-order valence-corrected chi connectivity index (χ2v) is 5.00. The minimum Gasteiger partial charge on any atom is -0.423 e. The van der Waals surface area contributed by atoms with Crippen molar-refractivity contribution in [1.29, 1.82) is 0 Å². The van der Waals surface area contributed by atoms with Crippen molar-refractivity contribution >= 4 is 35.0 Å². The molecule has 0 amide bonds. The van der Waals surface area contributed by atoms with Gasteiger partial charge >= 0.3 is 5.97 Å². The Morgan fingerprint density at radius 2 is 1.78 bits per heavy atom. The standard InChI is InChI=1S/C13H14Cl2O3/c1-4-13(3,8(2)16)12(17)18-11-9(14)6-5-7-10(11)15/h5-7H,4H2,1-3H3. The average molecular weight is 289 g/mol. The molecule has 0 N–H and O–H groups in total. The number of ether oxygens (including phenoxy) is 1. The van der Waals surface area contributed by atoms with Crippen LogP contribution in [0.25, 0.3) is 0 Å². The number of carbonyl (C=O) groups excluding carboxylic acids is 2. The van der Waals surface area contributed by atoms with Gasteiger partial charge in [-0.15, -0.1) is 0 Å². The van der Waals surface area contributed by atoms with Crippen LogP contribution in [0.1, 0.15) is 27.2 Å². The van der Waals surface area contributed by atoms with E-state index in [2.05, 4.69) is 0 Å². The Kier molecular flexibility index (Phi) is 4.77. The number of benzene rings is 1. The van der Waals surface area contributed by atoms with Crippen molar-refractivity contribution < 1.29 is 14.3 Å². The molecule has 0 bridgehead atoms. The number of hydrogen-bond donors (Lipinski definition) is 0. The molecule has 0 aliphatic carbocycles. The van der Waals surface area contributed by atoms with Crippen molar-refractivity contribution in [3.05, 3.63) is 28.2 Å². The monoisotopic (exact) mass is 288 g/mol. The average Bonchev–Trinajstić information content (AvgIpc) is 2.32. The third kappa shape index (κ3) is 2.85. The quantitative estimate of drug-likeness (QED) is 0.479. The molecule has 18 heavy (non-hydrogen) atoms. The van der Waals surface area contributed by atoms with E-state index in [0.29, 0.717) is 6.42 Å². The lowest BCUT2D eigenvalue weighted by atomic mass is 9.84. The minimum atomic E-state index is -1.18. The molecule has 1 rings (SSSR count). The molecular formula is C13H14Cl2O3. The lowest BCUT2D eigenvalue weighted by Gasteiger charge is -2.23. The molecular weight excluding hydrogens is 275 g/mol. The summed E-state index contributed by atoms with van der Waals surface area (Å²) in [5, 5.41) is 0.468. The zero-order chi connectivity index (χ0) is 13.9. The Morgan fingerprint density at radius 3 is 2.17 bits per heavy atom. The van der Waals surface area contributed by atoms with Crippen molar-refractivity contribution in [2.75, 3.05) is 0 Å². The molecule has 0 fully saturated rings. The molecule has 1 unspecified atom stereocenters. The zero-order valence-electron chi connectivity index (χ0n) is 10.4. The van der Waals surface area contributed by atoms with Crippen LogP contribution in [0.4, 0.5) is 0 Å². The van der Waals surface area contributed by atoms with Gasteiger partial charge in [0.25, 0.3) is 0 Å². The number of carbonyl (C=O) groups is 2. The molecule has 0 aliphatic rings. The summed E-state index contributed by atoms with van der Waals surface area (Å²) in [6.07, 6.45) is 0.350. The first kappa shape index (κ1) is 15.0. The lowest BCUT2D eigenvalue weighted by Crippen LogP contribution is -2.37. The smallest absolute Gasteiger partial charge is 0.324 e. The van der Waals surface area contributed by atoms with Crippen molar-refractivity contribution in [2.45, 2.75) is 27.2 Å². The number of para-hydroxylation sites is 1. The second-order valence-electron chi connectivity index (χ2n) is 4.18. The number of halogens is 2. The molecule has 3 nitrogen and oxygen atoms in total. The molecule has 1 aromatic rings. The summed E-state index contributed by atoms with van der Waals surface area (Å²) in [4.78, 5) is 23.6. The highest BCUT2D eigenvalue weighted by Gasteiger charge is 2.38. The van der Waals surface area contributed by atoms with E-state index in [4.69, 9.17) is 27.9 Å². The SMILES string of the molecule is CCC(C)(C(C)=O)C(=O)Oc1c(Cl)cccc1Cl. The van der Waals surface area contributed by atoms with Crippen LogP contribution in [-0.4, -0.2) is 11.8 Å². The summed E-state index contributed by atoms with van der Waals surface area (Å²) in [6, 6.07) is 4.77. The van der Waals surface area contributed by atoms with Gasteiger partial charge in [-0.1, -0.05) is 36.2 Å². The summed E-state index contributed by atoms with van der Waals surface area (Å²) in [5.74, 6) is -0.808. The zero-order valence-corrected chi connectivity index (χ0v) is 11.9. The van der Waals surface area contributed by atoms with Gasteiger partial charge in [0, 0.05) is 0 Å². The van der Waals surface area contributed by atoms with Crippen LogP contribution in [0.3, 0.4) is 0 Å². The molecule has 1 aromatic carbocycles. The normalized spacial score (nSPS) is 13.8. The van der Waals surface area contributed by atoms with Crippen LogP contribution < -0.4 is 4.74 Å². The Labute approximate surface area is 116 Å². The van der Waals surface area contributed by atoms with E-state index in [1.807, 2.05) is 0 Å². The largest absolute Gasteiger partial charge is 0.423 e. The van der Waals surface area contributed by atoms with E-state index < -0.39 is 11.4 Å². The summed E-state index contributed by atoms with van der Waals surface area (Å²) in [7, 11) is 0. The number of hydrogen-bond acceptors (Lipinski definition) is 3. The molecule has 98 valence electrons. The molecule has 1 atom stereocenters. The Morgan fingerprint density at radius 1 is 1.28 bits per heavy atom. The molecule has 0 spiro atoms. The van der Waals surface area contributed by atoms with Crippen molar-refractivity contribution in [3.63, 3.8) is 0 Å². The fourth-order valence-corrected chi connectivity index (χ4v) is 1.80. The van der Waals surface area contributed by atoms with Gasteiger partial charge in [0.2, 0.25) is 0 Å². The van der Waals surface area contributed by atoms with Crippen molar-refractivity contribution in [1.82, 2.24) is 0 Å². The number of Topliss-reactive ketones (excluding diaryl/α,β-unsaturated/α-hetero) is 1. The van der Waals surface area contributed by atoms with Crippen molar-refractivity contribution in [3.8, 4) is 5.75 Å². The van der Waals surface area contributed by atoms with E-state index in [1.54, 1.807) is 32.0 Å². The first-order chi connectivity index (χ1) is 8.32. The predicted molar refractivity (Wildman–Crippen MR) is 71.2 cm³/mol. The molecule has 0 aromatic heterocycles. The third-order valence-electron chi connectivity index (χ3n) is 3.05. The Balaban J connectivity index is 3.05. The van der Waals surface area contributed by atoms with E-state index in [-0.39, 0.29) is 21.6 Å². The topological polar surface area (TPSA) is 43.4 Å². The third-order valence-corrected chi connectivity index (χ3v) is 3.64. The van der Waals surface area contributed by atoms with Crippen LogP contribution >= 0.6 is 23.2 Å². The fourth-order valence-electron chi connectivity index (χ4n) is 1.32. The molecule has 0 saturated carbocycles. The minimum absolute atomic E-state index is 0.0896. The summed E-state index contributed by atoms with van der Waals surface area (Å²) >= 11 is 11.8. The molecule has 0 heterocycles. The maximum absolute atomic E-state index is 12.1. The van der Waals surface area contributed by atoms with Gasteiger partial charge in [-0.3, -0.25) is 9.59 Å². The number of ketones is 1. The number of esters is 1. The van der Waals surface area contributed by atoms with Crippen LogP contribution in [0.15, 0.2) is 18.2 Å².